The van der Waals surface area contributed by atoms with Gasteiger partial charge < -0.3 is 29.5 Å². The van der Waals surface area contributed by atoms with Crippen molar-refractivity contribution in [1.82, 2.24) is 4.90 Å². The summed E-state index contributed by atoms with van der Waals surface area (Å²) in [5.41, 5.74) is 1.89. The molecule has 0 radical (unpaired) electrons. The average molecular weight is 535 g/mol. The van der Waals surface area contributed by atoms with E-state index >= 15 is 0 Å². The Morgan fingerprint density at radius 1 is 1.08 bits per heavy atom. The van der Waals surface area contributed by atoms with Crippen LogP contribution in [0.5, 0.6) is 0 Å². The molecule has 0 bridgehead atoms. The number of ether oxygens (including phenoxy) is 2. The van der Waals surface area contributed by atoms with E-state index < -0.39 is 11.5 Å². The van der Waals surface area contributed by atoms with Gasteiger partial charge in [0.25, 0.3) is 0 Å². The third kappa shape index (κ3) is 4.67. The van der Waals surface area contributed by atoms with E-state index in [0.29, 0.717) is 17.8 Å². The Morgan fingerprint density at radius 3 is 2.46 bits per heavy atom. The predicted molar refractivity (Wildman–Crippen MR) is 151 cm³/mol. The smallest absolute Gasteiger partial charge is 0.343 e. The molecule has 5 aliphatic rings. The number of hydrogen-bond acceptors (Lipinski definition) is 7. The normalized spacial score (nSPS) is 39.8. The van der Waals surface area contributed by atoms with Gasteiger partial charge in [0.2, 0.25) is 0 Å². The first kappa shape index (κ1) is 26.8. The van der Waals surface area contributed by atoms with Gasteiger partial charge in [-0.05, 0) is 73.9 Å². The number of nitrogens with zero attached hydrogens (tertiary/aromatic N) is 2. The molecule has 0 amide bonds. The predicted octanol–water partition coefficient (Wildman–Crippen LogP) is 3.77. The summed E-state index contributed by atoms with van der Waals surface area (Å²) in [4.78, 5) is 17.5. The highest BCUT2D eigenvalue weighted by atomic mass is 16.6. The van der Waals surface area contributed by atoms with Crippen molar-refractivity contribution in [2.75, 3.05) is 51.3 Å². The Labute approximate surface area is 231 Å². The first-order valence-electron chi connectivity index (χ1n) is 14.5. The lowest BCUT2D eigenvalue weighted by atomic mass is 9.45. The highest BCUT2D eigenvalue weighted by Crippen LogP contribution is 2.65. The summed E-state index contributed by atoms with van der Waals surface area (Å²) < 4.78 is 11.7. The molecule has 210 valence electrons. The molecule has 3 heterocycles. The number of anilines is 1. The van der Waals surface area contributed by atoms with E-state index in [1.807, 2.05) is 25.2 Å². The summed E-state index contributed by atoms with van der Waals surface area (Å²) in [6.45, 7) is 9.20. The number of cyclic esters (lactones) is 1. The molecule has 1 spiro atoms. The number of aliphatic hydroxyl groups excluding tert-OH is 2. The van der Waals surface area contributed by atoms with Gasteiger partial charge in [-0.15, -0.1) is 0 Å². The van der Waals surface area contributed by atoms with Gasteiger partial charge in [-0.3, -0.25) is 0 Å². The highest BCUT2D eigenvalue weighted by Gasteiger charge is 2.66. The minimum atomic E-state index is -0.531. The molecule has 3 unspecified atom stereocenters. The van der Waals surface area contributed by atoms with E-state index in [9.17, 15) is 15.0 Å². The van der Waals surface area contributed by atoms with Crippen LogP contribution in [0, 0.1) is 22.7 Å². The van der Waals surface area contributed by atoms with Crippen molar-refractivity contribution in [3.05, 3.63) is 59.4 Å². The molecule has 0 aromatic heterocycles. The van der Waals surface area contributed by atoms with Crippen LogP contribution in [0.4, 0.5) is 5.69 Å². The molecule has 6 rings (SSSR count). The number of rotatable bonds is 5. The molecule has 1 aromatic rings. The van der Waals surface area contributed by atoms with Gasteiger partial charge >= 0.3 is 5.97 Å². The lowest BCUT2D eigenvalue weighted by molar-refractivity contribution is -0.167. The molecule has 4 fully saturated rings. The average Bonchev–Trinajstić information content (AvgIpc) is 3.61. The lowest BCUT2D eigenvalue weighted by Gasteiger charge is -2.60. The quantitative estimate of drug-likeness (QED) is 0.439. The Morgan fingerprint density at radius 2 is 1.79 bits per heavy atom. The summed E-state index contributed by atoms with van der Waals surface area (Å²) in [5, 5.41) is 21.1. The van der Waals surface area contributed by atoms with Crippen LogP contribution in [0.15, 0.2) is 53.8 Å². The van der Waals surface area contributed by atoms with Gasteiger partial charge in [-0.1, -0.05) is 38.1 Å². The van der Waals surface area contributed by atoms with Gasteiger partial charge in [0.1, 0.15) is 5.76 Å². The molecule has 2 saturated heterocycles. The Kier molecular flexibility index (Phi) is 6.78. The van der Waals surface area contributed by atoms with E-state index in [0.717, 1.165) is 57.6 Å². The Bertz CT molecular complexity index is 1190. The minimum absolute atomic E-state index is 0.0271. The van der Waals surface area contributed by atoms with Gasteiger partial charge in [0.05, 0.1) is 30.5 Å². The maximum atomic E-state index is 12.8. The molecule has 7 heteroatoms. The molecular formula is C32H42N2O5. The summed E-state index contributed by atoms with van der Waals surface area (Å²) in [6.07, 6.45) is 10.6. The molecule has 6 atom stereocenters. The van der Waals surface area contributed by atoms with Crippen LogP contribution in [0.3, 0.4) is 0 Å². The largest absolute Gasteiger partial charge is 0.423 e. The van der Waals surface area contributed by atoms with Crippen molar-refractivity contribution in [3.8, 4) is 0 Å². The maximum absolute atomic E-state index is 12.8. The van der Waals surface area contributed by atoms with E-state index in [1.54, 1.807) is 0 Å². The summed E-state index contributed by atoms with van der Waals surface area (Å²) in [5.74, 6) is 0.489. The highest BCUT2D eigenvalue weighted by molar-refractivity contribution is 5.96. The van der Waals surface area contributed by atoms with Crippen LogP contribution in [0.2, 0.25) is 0 Å². The standard InChI is InChI=1S/C32H42N2O5/c1-30-12-11-28(36)31(2,20-35)26(30)10-13-32(21-38-32)27(30)9-6-23-19-25(39-29(23)37)18-22-4-7-24(8-5-22)34-16-14-33(3)15-17-34/h4-9,18-19,26-28,35-36H,10-17,20-21H2,1-3H3/b9-6+,25-18+/t26?,27?,28-,30+,31+,32?/m1/s1. The second-order valence-corrected chi connectivity index (χ2v) is 12.9. The number of hydrogen-bond donors (Lipinski definition) is 2. The Balaban J connectivity index is 1.20. The second-order valence-electron chi connectivity index (χ2n) is 12.9. The second kappa shape index (κ2) is 9.88. The third-order valence-electron chi connectivity index (χ3n) is 10.6. The van der Waals surface area contributed by atoms with Crippen LogP contribution in [-0.4, -0.2) is 79.2 Å². The van der Waals surface area contributed by atoms with Crippen LogP contribution >= 0.6 is 0 Å². The molecule has 3 aliphatic heterocycles. The van der Waals surface area contributed by atoms with Gasteiger partial charge in [0.15, 0.2) is 0 Å². The number of fused-ring (bicyclic) bond motifs is 1. The van der Waals surface area contributed by atoms with E-state index in [1.165, 1.54) is 5.69 Å². The first-order chi connectivity index (χ1) is 18.7. The third-order valence-corrected chi connectivity index (χ3v) is 10.6. The fourth-order valence-electron chi connectivity index (χ4n) is 7.95. The van der Waals surface area contributed by atoms with Crippen LogP contribution < -0.4 is 4.90 Å². The van der Waals surface area contributed by atoms with E-state index in [-0.39, 0.29) is 35.4 Å². The van der Waals surface area contributed by atoms with Crippen LogP contribution in [-0.2, 0) is 14.3 Å². The van der Waals surface area contributed by atoms with Crippen molar-refractivity contribution >= 4 is 17.7 Å². The number of aliphatic hydroxyl groups is 2. The molecule has 2 N–H and O–H groups in total. The minimum Gasteiger partial charge on any atom is -0.423 e. The number of carbonyl (C=O) groups excluding carboxylic acids is 1. The zero-order valence-electron chi connectivity index (χ0n) is 23.4. The molecular weight excluding hydrogens is 492 g/mol. The van der Waals surface area contributed by atoms with Crippen molar-refractivity contribution in [2.24, 2.45) is 22.7 Å². The fourth-order valence-corrected chi connectivity index (χ4v) is 7.95. The van der Waals surface area contributed by atoms with Gasteiger partial charge in [0, 0.05) is 43.2 Å². The first-order valence-corrected chi connectivity index (χ1v) is 14.5. The van der Waals surface area contributed by atoms with Crippen molar-refractivity contribution in [1.29, 1.82) is 0 Å². The summed E-state index contributed by atoms with van der Waals surface area (Å²) in [6, 6.07) is 8.41. The number of benzene rings is 1. The number of carbonyl (C=O) groups is 1. The number of piperazine rings is 1. The topological polar surface area (TPSA) is 85.8 Å². The molecule has 2 saturated carbocycles. The fraction of sp³-hybridized carbons (Fsp3) is 0.594. The number of allylic oxidation sites excluding steroid dienone is 1. The summed E-state index contributed by atoms with van der Waals surface area (Å²) >= 11 is 0. The lowest BCUT2D eigenvalue weighted by Crippen LogP contribution is -2.60. The zero-order valence-corrected chi connectivity index (χ0v) is 23.4. The number of likely N-dealkylation sites (N-methyl/N-ethyl adjacent to an activating group) is 1. The van der Waals surface area contributed by atoms with Crippen molar-refractivity contribution in [3.63, 3.8) is 0 Å². The van der Waals surface area contributed by atoms with Crippen molar-refractivity contribution < 1.29 is 24.5 Å². The zero-order chi connectivity index (χ0) is 27.4. The van der Waals surface area contributed by atoms with Crippen molar-refractivity contribution in [2.45, 2.75) is 51.2 Å². The van der Waals surface area contributed by atoms with E-state index in [2.05, 4.69) is 54.1 Å². The van der Waals surface area contributed by atoms with Crippen LogP contribution in [0.25, 0.3) is 6.08 Å². The SMILES string of the molecule is CN1CCN(c2ccc(/C=C3C=C(/C=C/C4C5(CCC6[C@]4(C)CC[C@@H](O)[C@@]6(C)CO)CO5)C(=O)O\3)cc2)CC1. The molecule has 1 aromatic carbocycles. The Hall–Kier alpha value is -2.45. The summed E-state index contributed by atoms with van der Waals surface area (Å²) in [7, 11) is 2.16. The molecule has 2 aliphatic carbocycles. The molecule has 39 heavy (non-hydrogen) atoms. The van der Waals surface area contributed by atoms with Crippen LogP contribution in [0.1, 0.15) is 45.1 Å². The number of esters is 1. The van der Waals surface area contributed by atoms with E-state index in [4.69, 9.17) is 9.47 Å². The van der Waals surface area contributed by atoms with Gasteiger partial charge in [-0.25, -0.2) is 4.79 Å². The molecule has 7 nitrogen and oxygen atoms in total. The van der Waals surface area contributed by atoms with Gasteiger partial charge in [-0.2, -0.15) is 0 Å². The monoisotopic (exact) mass is 534 g/mol. The maximum Gasteiger partial charge on any atom is 0.343 e. The number of epoxide rings is 1.